The molecule has 0 radical (unpaired) electrons. The van der Waals surface area contributed by atoms with Crippen LogP contribution in [-0.4, -0.2) is 29.0 Å². The minimum Gasteiger partial charge on any atom is -0.481 e. The molecule has 0 fully saturated rings. The van der Waals surface area contributed by atoms with Gasteiger partial charge in [0.05, 0.1) is 22.8 Å². The summed E-state index contributed by atoms with van der Waals surface area (Å²) in [6.45, 7) is 4.25. The topological polar surface area (TPSA) is 64.1 Å². The van der Waals surface area contributed by atoms with Crippen LogP contribution in [0.3, 0.4) is 0 Å². The number of benzene rings is 1. The first kappa shape index (κ1) is 16.9. The number of amides is 1. The van der Waals surface area contributed by atoms with Crippen molar-refractivity contribution < 1.29 is 9.53 Å². The Labute approximate surface area is 150 Å². The highest BCUT2D eigenvalue weighted by Gasteiger charge is 2.12. The van der Waals surface area contributed by atoms with Gasteiger partial charge in [-0.1, -0.05) is 17.9 Å². The number of hydrogen-bond donors (Lipinski definition) is 1. The Morgan fingerprint density at radius 2 is 2.16 bits per heavy atom. The third kappa shape index (κ3) is 4.34. The number of hydrogen-bond acceptors (Lipinski definition) is 5. The van der Waals surface area contributed by atoms with Crippen LogP contribution in [-0.2, 0) is 0 Å². The van der Waals surface area contributed by atoms with Crippen LogP contribution in [0, 0.1) is 25.7 Å². The van der Waals surface area contributed by atoms with E-state index in [0.717, 1.165) is 27.4 Å². The molecule has 0 unspecified atom stereocenters. The van der Waals surface area contributed by atoms with Gasteiger partial charge in [-0.2, -0.15) is 0 Å². The quantitative estimate of drug-likeness (QED) is 0.734. The van der Waals surface area contributed by atoms with Gasteiger partial charge in [-0.15, -0.1) is 11.3 Å². The number of nitrogens with zero attached hydrogens (tertiary/aromatic N) is 2. The van der Waals surface area contributed by atoms with Gasteiger partial charge in [0, 0.05) is 17.6 Å². The SMILES string of the molecule is Cc1nc(C)c(C(=O)NCC#CCOc2ccc3cccnc3c2)s1. The van der Waals surface area contributed by atoms with E-state index in [2.05, 4.69) is 27.1 Å². The fourth-order valence-corrected chi connectivity index (χ4v) is 3.15. The van der Waals surface area contributed by atoms with E-state index < -0.39 is 0 Å². The highest BCUT2D eigenvalue weighted by molar-refractivity contribution is 7.13. The highest BCUT2D eigenvalue weighted by atomic mass is 32.1. The molecule has 5 nitrogen and oxygen atoms in total. The molecule has 0 aliphatic carbocycles. The number of nitrogens with one attached hydrogen (secondary N) is 1. The summed E-state index contributed by atoms with van der Waals surface area (Å²) in [5, 5.41) is 4.72. The molecular formula is C19H17N3O2S. The third-order valence-electron chi connectivity index (χ3n) is 3.46. The van der Waals surface area contributed by atoms with Crippen molar-refractivity contribution in [2.75, 3.05) is 13.2 Å². The molecule has 2 heterocycles. The number of ether oxygens (including phenoxy) is 1. The lowest BCUT2D eigenvalue weighted by Crippen LogP contribution is -2.23. The molecule has 25 heavy (non-hydrogen) atoms. The van der Waals surface area contributed by atoms with Gasteiger partial charge in [0.15, 0.2) is 0 Å². The molecule has 0 aliphatic heterocycles. The normalized spacial score (nSPS) is 10.2. The Balaban J connectivity index is 1.48. The Bertz CT molecular complexity index is 969. The van der Waals surface area contributed by atoms with Crippen LogP contribution < -0.4 is 10.1 Å². The molecule has 126 valence electrons. The smallest absolute Gasteiger partial charge is 0.264 e. The van der Waals surface area contributed by atoms with E-state index in [0.29, 0.717) is 4.88 Å². The number of rotatable bonds is 4. The van der Waals surface area contributed by atoms with Gasteiger partial charge in [-0.25, -0.2) is 4.98 Å². The zero-order chi connectivity index (χ0) is 17.6. The number of thiazole rings is 1. The van der Waals surface area contributed by atoms with Crippen LogP contribution in [0.15, 0.2) is 36.5 Å². The van der Waals surface area contributed by atoms with E-state index in [1.54, 1.807) is 6.20 Å². The first-order valence-corrected chi connectivity index (χ1v) is 8.60. The molecule has 0 saturated carbocycles. The van der Waals surface area contributed by atoms with Crippen molar-refractivity contribution in [1.29, 1.82) is 0 Å². The second-order valence-electron chi connectivity index (χ2n) is 5.33. The van der Waals surface area contributed by atoms with Crippen molar-refractivity contribution in [3.8, 4) is 17.6 Å². The van der Waals surface area contributed by atoms with Crippen LogP contribution in [0.2, 0.25) is 0 Å². The average Bonchev–Trinajstić information content (AvgIpc) is 2.96. The largest absolute Gasteiger partial charge is 0.481 e. The second-order valence-corrected chi connectivity index (χ2v) is 6.53. The Hall–Kier alpha value is -2.91. The number of aromatic nitrogens is 2. The lowest BCUT2D eigenvalue weighted by atomic mass is 10.2. The molecule has 0 bridgehead atoms. The maximum absolute atomic E-state index is 12.0. The summed E-state index contributed by atoms with van der Waals surface area (Å²) in [6.07, 6.45) is 1.75. The first-order chi connectivity index (χ1) is 12.1. The monoisotopic (exact) mass is 351 g/mol. The van der Waals surface area contributed by atoms with Crippen molar-refractivity contribution in [2.45, 2.75) is 13.8 Å². The van der Waals surface area contributed by atoms with Crippen molar-refractivity contribution in [2.24, 2.45) is 0 Å². The molecule has 6 heteroatoms. The van der Waals surface area contributed by atoms with E-state index in [9.17, 15) is 4.79 Å². The van der Waals surface area contributed by atoms with Gasteiger partial charge in [0.2, 0.25) is 0 Å². The standard InChI is InChI=1S/C19H17N3O2S/c1-13-18(25-14(2)22-13)19(23)21-9-3-4-11-24-16-8-7-15-6-5-10-20-17(15)12-16/h5-8,10,12H,9,11H2,1-2H3,(H,21,23). The fraction of sp³-hybridized carbons (Fsp3) is 0.211. The van der Waals surface area contributed by atoms with Gasteiger partial charge in [-0.05, 0) is 32.0 Å². The second kappa shape index (κ2) is 7.77. The van der Waals surface area contributed by atoms with Gasteiger partial charge in [-0.3, -0.25) is 9.78 Å². The van der Waals surface area contributed by atoms with Crippen molar-refractivity contribution in [1.82, 2.24) is 15.3 Å². The number of carbonyl (C=O) groups is 1. The molecule has 0 atom stereocenters. The minimum atomic E-state index is -0.140. The van der Waals surface area contributed by atoms with Gasteiger partial charge in [0.25, 0.3) is 5.91 Å². The number of aryl methyl sites for hydroxylation is 2. The van der Waals surface area contributed by atoms with Crippen molar-refractivity contribution in [3.63, 3.8) is 0 Å². The third-order valence-corrected chi connectivity index (χ3v) is 4.53. The minimum absolute atomic E-state index is 0.140. The molecule has 1 aromatic carbocycles. The molecule has 1 N–H and O–H groups in total. The van der Waals surface area contributed by atoms with E-state index in [1.165, 1.54) is 11.3 Å². The van der Waals surface area contributed by atoms with E-state index in [-0.39, 0.29) is 19.1 Å². The molecule has 1 amide bonds. The van der Waals surface area contributed by atoms with Crippen molar-refractivity contribution >= 4 is 28.1 Å². The van der Waals surface area contributed by atoms with Gasteiger partial charge < -0.3 is 10.1 Å². The Morgan fingerprint density at radius 3 is 2.96 bits per heavy atom. The summed E-state index contributed by atoms with van der Waals surface area (Å²) in [7, 11) is 0. The fourth-order valence-electron chi connectivity index (χ4n) is 2.32. The average molecular weight is 351 g/mol. The van der Waals surface area contributed by atoms with Crippen LogP contribution >= 0.6 is 11.3 Å². The van der Waals surface area contributed by atoms with E-state index in [1.807, 2.05) is 44.2 Å². The van der Waals surface area contributed by atoms with Crippen LogP contribution in [0.25, 0.3) is 10.9 Å². The molecule has 0 saturated heterocycles. The molecule has 3 rings (SSSR count). The van der Waals surface area contributed by atoms with E-state index >= 15 is 0 Å². The predicted octanol–water partition coefficient (Wildman–Crippen LogP) is 3.12. The maximum atomic E-state index is 12.0. The predicted molar refractivity (Wildman–Crippen MR) is 98.9 cm³/mol. The highest BCUT2D eigenvalue weighted by Crippen LogP contribution is 2.18. The van der Waals surface area contributed by atoms with Gasteiger partial charge >= 0.3 is 0 Å². The number of fused-ring (bicyclic) bond motifs is 1. The summed E-state index contributed by atoms with van der Waals surface area (Å²) in [4.78, 5) is 21.2. The zero-order valence-electron chi connectivity index (χ0n) is 14.0. The summed E-state index contributed by atoms with van der Waals surface area (Å²) < 4.78 is 5.59. The lowest BCUT2D eigenvalue weighted by Gasteiger charge is -2.03. The van der Waals surface area contributed by atoms with Crippen LogP contribution in [0.5, 0.6) is 5.75 Å². The molecule has 0 aliphatic rings. The summed E-state index contributed by atoms with van der Waals surface area (Å²) in [6, 6.07) is 9.64. The number of pyridine rings is 1. The summed E-state index contributed by atoms with van der Waals surface area (Å²) in [5.74, 6) is 6.35. The number of carbonyl (C=O) groups excluding carboxylic acids is 1. The molecule has 3 aromatic rings. The summed E-state index contributed by atoms with van der Waals surface area (Å²) >= 11 is 1.39. The first-order valence-electron chi connectivity index (χ1n) is 7.79. The Morgan fingerprint density at radius 1 is 1.28 bits per heavy atom. The van der Waals surface area contributed by atoms with E-state index in [4.69, 9.17) is 4.74 Å². The molecule has 0 spiro atoms. The molecule has 2 aromatic heterocycles. The van der Waals surface area contributed by atoms with Crippen LogP contribution in [0.1, 0.15) is 20.4 Å². The summed E-state index contributed by atoms with van der Waals surface area (Å²) in [5.41, 5.74) is 1.64. The Kier molecular flexibility index (Phi) is 5.26. The van der Waals surface area contributed by atoms with Gasteiger partial charge in [0.1, 0.15) is 17.2 Å². The zero-order valence-corrected chi connectivity index (χ0v) is 14.8. The molecular weight excluding hydrogens is 334 g/mol. The maximum Gasteiger partial charge on any atom is 0.264 e. The lowest BCUT2D eigenvalue weighted by molar-refractivity contribution is 0.0962. The van der Waals surface area contributed by atoms with Crippen molar-refractivity contribution in [3.05, 3.63) is 52.1 Å². The van der Waals surface area contributed by atoms with Crippen LogP contribution in [0.4, 0.5) is 0 Å².